The van der Waals surface area contributed by atoms with Crippen LogP contribution in [0.5, 0.6) is 0 Å². The number of benzene rings is 1. The van der Waals surface area contributed by atoms with Gasteiger partial charge in [-0.15, -0.1) is 0 Å². The fraction of sp³-hybridized carbons (Fsp3) is 0.476. The minimum absolute atomic E-state index is 0.126. The average Bonchev–Trinajstić information content (AvgIpc) is 2.86. The van der Waals surface area contributed by atoms with Crippen LogP contribution < -0.4 is 5.32 Å². The first kappa shape index (κ1) is 20.7. The first-order chi connectivity index (χ1) is 12.8. The van der Waals surface area contributed by atoms with Gasteiger partial charge in [-0.2, -0.15) is 5.10 Å². The number of carbonyl (C=O) groups is 2. The van der Waals surface area contributed by atoms with Gasteiger partial charge >= 0.3 is 5.97 Å². The molecule has 27 heavy (non-hydrogen) atoms. The maximum Gasteiger partial charge on any atom is 0.310 e. The van der Waals surface area contributed by atoms with E-state index in [1.165, 1.54) is 0 Å². The number of nitrogens with one attached hydrogen (secondary N) is 1. The van der Waals surface area contributed by atoms with E-state index in [0.717, 1.165) is 34.6 Å². The van der Waals surface area contributed by atoms with Gasteiger partial charge in [0.05, 0.1) is 12.1 Å². The normalized spacial score (nSPS) is 10.9. The SMILES string of the molecule is Cc1ccccc1CNC(=O)COC(=O)Cc1c(C)nn(CC(C)C)c1C. The molecule has 2 aromatic rings. The Kier molecular flexibility index (Phi) is 7.16. The van der Waals surface area contributed by atoms with E-state index in [-0.39, 0.29) is 18.9 Å². The summed E-state index contributed by atoms with van der Waals surface area (Å²) in [6.45, 7) is 11.0. The molecule has 0 atom stereocenters. The highest BCUT2D eigenvalue weighted by Crippen LogP contribution is 2.16. The Morgan fingerprint density at radius 1 is 1.19 bits per heavy atom. The van der Waals surface area contributed by atoms with E-state index in [0.29, 0.717) is 12.5 Å². The number of aryl methyl sites for hydroxylation is 2. The lowest BCUT2D eigenvalue weighted by Gasteiger charge is -2.09. The molecule has 1 heterocycles. The molecule has 0 spiro atoms. The molecule has 1 amide bonds. The van der Waals surface area contributed by atoms with Crippen molar-refractivity contribution >= 4 is 11.9 Å². The van der Waals surface area contributed by atoms with Gasteiger partial charge in [-0.1, -0.05) is 38.1 Å². The van der Waals surface area contributed by atoms with Gasteiger partial charge in [-0.05, 0) is 37.8 Å². The maximum atomic E-state index is 12.1. The van der Waals surface area contributed by atoms with Gasteiger partial charge in [0.25, 0.3) is 5.91 Å². The molecule has 1 aromatic carbocycles. The van der Waals surface area contributed by atoms with E-state index in [2.05, 4.69) is 24.3 Å². The molecule has 0 aliphatic carbocycles. The second-order valence-electron chi connectivity index (χ2n) is 7.27. The van der Waals surface area contributed by atoms with Gasteiger partial charge in [-0.3, -0.25) is 14.3 Å². The lowest BCUT2D eigenvalue weighted by molar-refractivity contribution is -0.147. The largest absolute Gasteiger partial charge is 0.455 e. The number of nitrogens with zero attached hydrogens (tertiary/aromatic N) is 2. The Morgan fingerprint density at radius 2 is 1.89 bits per heavy atom. The molecule has 6 heteroatoms. The van der Waals surface area contributed by atoms with Crippen molar-refractivity contribution in [1.29, 1.82) is 0 Å². The molecule has 1 aromatic heterocycles. The molecule has 2 rings (SSSR count). The Morgan fingerprint density at radius 3 is 2.56 bits per heavy atom. The van der Waals surface area contributed by atoms with Crippen LogP contribution in [-0.2, 0) is 33.8 Å². The minimum Gasteiger partial charge on any atom is -0.455 e. The van der Waals surface area contributed by atoms with Crippen molar-refractivity contribution in [3.05, 3.63) is 52.3 Å². The van der Waals surface area contributed by atoms with Crippen LogP contribution in [0.4, 0.5) is 0 Å². The van der Waals surface area contributed by atoms with Crippen molar-refractivity contribution in [3.63, 3.8) is 0 Å². The van der Waals surface area contributed by atoms with E-state index in [1.54, 1.807) is 0 Å². The zero-order valence-corrected chi connectivity index (χ0v) is 16.8. The van der Waals surface area contributed by atoms with Crippen molar-refractivity contribution in [2.24, 2.45) is 5.92 Å². The number of rotatable bonds is 8. The lowest BCUT2D eigenvalue weighted by atomic mass is 10.1. The molecule has 0 fully saturated rings. The zero-order chi connectivity index (χ0) is 20.0. The van der Waals surface area contributed by atoms with Crippen molar-refractivity contribution in [1.82, 2.24) is 15.1 Å². The number of hydrogen-bond acceptors (Lipinski definition) is 4. The number of ether oxygens (including phenoxy) is 1. The lowest BCUT2D eigenvalue weighted by Crippen LogP contribution is -2.29. The molecule has 0 unspecified atom stereocenters. The van der Waals surface area contributed by atoms with Crippen LogP contribution >= 0.6 is 0 Å². The molecule has 0 aliphatic heterocycles. The van der Waals surface area contributed by atoms with Gasteiger partial charge in [-0.25, -0.2) is 0 Å². The highest BCUT2D eigenvalue weighted by molar-refractivity contribution is 5.81. The van der Waals surface area contributed by atoms with Crippen LogP contribution in [-0.4, -0.2) is 28.3 Å². The van der Waals surface area contributed by atoms with Crippen LogP contribution in [0.15, 0.2) is 24.3 Å². The summed E-state index contributed by atoms with van der Waals surface area (Å²) in [6, 6.07) is 7.84. The van der Waals surface area contributed by atoms with E-state index in [1.807, 2.05) is 49.7 Å². The van der Waals surface area contributed by atoms with Crippen LogP contribution in [0, 0.1) is 26.7 Å². The number of esters is 1. The third kappa shape index (κ3) is 5.94. The van der Waals surface area contributed by atoms with Gasteiger partial charge < -0.3 is 10.1 Å². The topological polar surface area (TPSA) is 73.2 Å². The minimum atomic E-state index is -0.420. The van der Waals surface area contributed by atoms with Crippen molar-refractivity contribution in [2.45, 2.75) is 54.1 Å². The van der Waals surface area contributed by atoms with E-state index in [9.17, 15) is 9.59 Å². The van der Waals surface area contributed by atoms with E-state index < -0.39 is 5.97 Å². The molecule has 1 N–H and O–H groups in total. The predicted molar refractivity (Wildman–Crippen MR) is 104 cm³/mol. The number of carbonyl (C=O) groups excluding carboxylic acids is 2. The van der Waals surface area contributed by atoms with E-state index in [4.69, 9.17) is 4.74 Å². The Bertz CT molecular complexity index is 809. The Hall–Kier alpha value is -2.63. The van der Waals surface area contributed by atoms with Crippen LogP contribution in [0.2, 0.25) is 0 Å². The maximum absolute atomic E-state index is 12.1. The molecular formula is C21H29N3O3. The smallest absolute Gasteiger partial charge is 0.310 e. The summed E-state index contributed by atoms with van der Waals surface area (Å²) >= 11 is 0. The molecular weight excluding hydrogens is 342 g/mol. The highest BCUT2D eigenvalue weighted by Gasteiger charge is 2.17. The molecule has 6 nitrogen and oxygen atoms in total. The molecule has 0 saturated heterocycles. The molecule has 0 saturated carbocycles. The summed E-state index contributed by atoms with van der Waals surface area (Å²) in [4.78, 5) is 24.1. The third-order valence-electron chi connectivity index (χ3n) is 4.49. The number of amides is 1. The third-order valence-corrected chi connectivity index (χ3v) is 4.49. The molecule has 0 radical (unpaired) electrons. The van der Waals surface area contributed by atoms with Gasteiger partial charge in [0.1, 0.15) is 0 Å². The van der Waals surface area contributed by atoms with Crippen LogP contribution in [0.3, 0.4) is 0 Å². The van der Waals surface area contributed by atoms with Crippen molar-refractivity contribution in [3.8, 4) is 0 Å². The molecule has 0 aliphatic rings. The predicted octanol–water partition coefficient (Wildman–Crippen LogP) is 2.87. The molecule has 0 bridgehead atoms. The highest BCUT2D eigenvalue weighted by atomic mass is 16.5. The summed E-state index contributed by atoms with van der Waals surface area (Å²) in [5.74, 6) is -0.258. The molecule has 146 valence electrons. The quantitative estimate of drug-likeness (QED) is 0.724. The van der Waals surface area contributed by atoms with Gasteiger partial charge in [0.15, 0.2) is 6.61 Å². The summed E-state index contributed by atoms with van der Waals surface area (Å²) < 4.78 is 7.07. The summed E-state index contributed by atoms with van der Waals surface area (Å²) in [6.07, 6.45) is 0.126. The first-order valence-corrected chi connectivity index (χ1v) is 9.27. The summed E-state index contributed by atoms with van der Waals surface area (Å²) in [5, 5.41) is 7.27. The zero-order valence-electron chi connectivity index (χ0n) is 16.8. The van der Waals surface area contributed by atoms with Gasteiger partial charge in [0.2, 0.25) is 0 Å². The van der Waals surface area contributed by atoms with Gasteiger partial charge in [0, 0.05) is 24.3 Å². The first-order valence-electron chi connectivity index (χ1n) is 9.27. The Labute approximate surface area is 160 Å². The number of hydrogen-bond donors (Lipinski definition) is 1. The second kappa shape index (κ2) is 9.35. The number of aromatic nitrogens is 2. The monoisotopic (exact) mass is 371 g/mol. The standard InChI is InChI=1S/C21H29N3O3/c1-14(2)12-24-17(5)19(16(4)23-24)10-21(26)27-13-20(25)22-11-18-9-7-6-8-15(18)3/h6-9,14H,10-13H2,1-5H3,(H,22,25). The Balaban J connectivity index is 1.83. The summed E-state index contributed by atoms with van der Waals surface area (Å²) in [5.41, 5.74) is 4.83. The fourth-order valence-corrected chi connectivity index (χ4v) is 2.91. The fourth-order valence-electron chi connectivity index (χ4n) is 2.91. The summed E-state index contributed by atoms with van der Waals surface area (Å²) in [7, 11) is 0. The van der Waals surface area contributed by atoms with E-state index >= 15 is 0 Å². The average molecular weight is 371 g/mol. The van der Waals surface area contributed by atoms with Crippen LogP contribution in [0.1, 0.15) is 41.9 Å². The van der Waals surface area contributed by atoms with Crippen LogP contribution in [0.25, 0.3) is 0 Å². The second-order valence-corrected chi connectivity index (χ2v) is 7.27. The van der Waals surface area contributed by atoms with Crippen molar-refractivity contribution in [2.75, 3.05) is 6.61 Å². The van der Waals surface area contributed by atoms with Crippen molar-refractivity contribution < 1.29 is 14.3 Å².